The van der Waals surface area contributed by atoms with Crippen LogP contribution in [0.5, 0.6) is 0 Å². The summed E-state index contributed by atoms with van der Waals surface area (Å²) in [4.78, 5) is 0. The Kier molecular flexibility index (Phi) is 3.51. The second-order valence-corrected chi connectivity index (χ2v) is 13.9. The van der Waals surface area contributed by atoms with E-state index in [0.717, 1.165) is 38.5 Å². The lowest BCUT2D eigenvalue weighted by Crippen LogP contribution is -2.70. The molecule has 0 nitrogen and oxygen atoms in total. The van der Waals surface area contributed by atoms with Crippen LogP contribution in [0, 0.1) is 39.4 Å². The Balaban J connectivity index is 1.51. The molecule has 0 aromatic rings. The number of halogens is 7. The van der Waals surface area contributed by atoms with Crippen molar-refractivity contribution in [2.75, 3.05) is 0 Å². The van der Waals surface area contributed by atoms with E-state index < -0.39 is 40.9 Å². The molecule has 4 unspecified atom stereocenters. The minimum Gasteiger partial charge on any atom is -0.171 e. The third kappa shape index (κ3) is 2.35. The molecule has 0 radical (unpaired) electrons. The van der Waals surface area contributed by atoms with Gasteiger partial charge in [-0.2, -0.15) is 26.3 Å². The smallest absolute Gasteiger partial charge is 0.171 e. The largest absolute Gasteiger partial charge is 0.394 e. The summed E-state index contributed by atoms with van der Waals surface area (Å²) in [7, 11) is 0. The molecular formula is C22H27BrF6. The number of alkyl halides is 7. The highest BCUT2D eigenvalue weighted by Gasteiger charge is 2.80. The SMILES string of the molecule is FC(F)(F)C12CC3CC(C(F)(F)F)(C1)CC(C14CC5CC(CC(Br)(C5)C1)C4)(C3)C2. The standard InChI is InChI=1S/C22H27BrF6/c23-20-7-13-1-14(8-20)3-16(2-13,12-20)17-4-15-5-18(9-17,21(24,25)26)11-19(6-15,10-17)22(27,28)29/h13-15H,1-12H2. The molecule has 0 aromatic heterocycles. The van der Waals surface area contributed by atoms with Crippen LogP contribution in [0.2, 0.25) is 0 Å². The Bertz CT molecular complexity index is 709. The van der Waals surface area contributed by atoms with Crippen LogP contribution in [-0.2, 0) is 0 Å². The van der Waals surface area contributed by atoms with E-state index in [2.05, 4.69) is 15.9 Å². The lowest BCUT2D eigenvalue weighted by molar-refractivity contribution is -0.370. The van der Waals surface area contributed by atoms with Crippen molar-refractivity contribution in [1.82, 2.24) is 0 Å². The third-order valence-corrected chi connectivity index (χ3v) is 11.3. The van der Waals surface area contributed by atoms with E-state index >= 15 is 0 Å². The highest BCUT2D eigenvalue weighted by molar-refractivity contribution is 9.10. The van der Waals surface area contributed by atoms with Crippen molar-refractivity contribution in [2.45, 2.75) is 93.7 Å². The lowest BCUT2D eigenvalue weighted by Gasteiger charge is -2.75. The van der Waals surface area contributed by atoms with E-state index in [-0.39, 0.29) is 35.4 Å². The second kappa shape index (κ2) is 5.17. The molecular weight excluding hydrogens is 458 g/mol. The highest BCUT2D eigenvalue weighted by Crippen LogP contribution is 2.83. The normalized spacial score (nSPS) is 58.2. The fourth-order valence-electron chi connectivity index (χ4n) is 10.4. The summed E-state index contributed by atoms with van der Waals surface area (Å²) in [6.45, 7) is 0. The monoisotopic (exact) mass is 484 g/mol. The average Bonchev–Trinajstić information content (AvgIpc) is 2.49. The first kappa shape index (κ1) is 19.7. The number of rotatable bonds is 1. The van der Waals surface area contributed by atoms with Gasteiger partial charge >= 0.3 is 12.4 Å². The fourth-order valence-corrected chi connectivity index (χ4v) is 11.9. The minimum absolute atomic E-state index is 0.0552. The van der Waals surface area contributed by atoms with Crippen molar-refractivity contribution in [1.29, 1.82) is 0 Å². The molecule has 8 aliphatic rings. The van der Waals surface area contributed by atoms with Gasteiger partial charge < -0.3 is 0 Å². The zero-order chi connectivity index (χ0) is 20.7. The Morgan fingerprint density at radius 1 is 0.552 bits per heavy atom. The Morgan fingerprint density at radius 2 is 1.03 bits per heavy atom. The van der Waals surface area contributed by atoms with Gasteiger partial charge in [0.2, 0.25) is 0 Å². The number of hydrogen-bond donors (Lipinski definition) is 0. The molecule has 7 heteroatoms. The van der Waals surface area contributed by atoms with E-state index in [1.54, 1.807) is 0 Å². The molecule has 8 aliphatic carbocycles. The van der Waals surface area contributed by atoms with Crippen LogP contribution in [0.1, 0.15) is 77.0 Å². The quantitative estimate of drug-likeness (QED) is 0.263. The van der Waals surface area contributed by atoms with Gasteiger partial charge in [0.15, 0.2) is 0 Å². The summed E-state index contributed by atoms with van der Waals surface area (Å²) < 4.78 is 86.3. The summed E-state index contributed by atoms with van der Waals surface area (Å²) in [5.41, 5.74) is -5.41. The molecule has 8 rings (SSSR count). The van der Waals surface area contributed by atoms with E-state index in [1.165, 1.54) is 0 Å². The first-order valence-corrected chi connectivity index (χ1v) is 11.8. The van der Waals surface area contributed by atoms with Gasteiger partial charge in [0.05, 0.1) is 10.8 Å². The maximum Gasteiger partial charge on any atom is 0.394 e. The molecule has 0 heterocycles. The first-order valence-electron chi connectivity index (χ1n) is 11.1. The van der Waals surface area contributed by atoms with Crippen molar-refractivity contribution < 1.29 is 26.3 Å². The minimum atomic E-state index is -4.55. The molecule has 0 N–H and O–H groups in total. The van der Waals surface area contributed by atoms with E-state index in [0.29, 0.717) is 18.3 Å². The highest BCUT2D eigenvalue weighted by atomic mass is 79.9. The summed E-state index contributed by atoms with van der Waals surface area (Å²) in [5.74, 6) is 0.494. The van der Waals surface area contributed by atoms with Gasteiger partial charge in [0, 0.05) is 4.32 Å². The molecule has 29 heavy (non-hydrogen) atoms. The van der Waals surface area contributed by atoms with Gasteiger partial charge in [0.1, 0.15) is 0 Å². The van der Waals surface area contributed by atoms with E-state index in [4.69, 9.17) is 0 Å². The van der Waals surface area contributed by atoms with Crippen LogP contribution >= 0.6 is 15.9 Å². The third-order valence-electron chi connectivity index (χ3n) is 10.4. The predicted octanol–water partition coefficient (Wildman–Crippen LogP) is 7.80. The molecule has 0 amide bonds. The Hall–Kier alpha value is 0.0600. The summed E-state index contributed by atoms with van der Waals surface area (Å²) in [5, 5.41) is 0. The lowest BCUT2D eigenvalue weighted by atomic mass is 9.30. The van der Waals surface area contributed by atoms with Crippen LogP contribution in [0.25, 0.3) is 0 Å². The zero-order valence-electron chi connectivity index (χ0n) is 16.4. The Morgan fingerprint density at radius 3 is 1.48 bits per heavy atom. The van der Waals surface area contributed by atoms with Gasteiger partial charge in [0.25, 0.3) is 0 Å². The Labute approximate surface area is 175 Å². The fraction of sp³-hybridized carbons (Fsp3) is 1.00. The molecule has 0 aliphatic heterocycles. The van der Waals surface area contributed by atoms with E-state index in [9.17, 15) is 26.3 Å². The van der Waals surface area contributed by atoms with Crippen LogP contribution in [0.4, 0.5) is 26.3 Å². The maximum atomic E-state index is 14.4. The van der Waals surface area contributed by atoms with Crippen molar-refractivity contribution in [3.05, 3.63) is 0 Å². The van der Waals surface area contributed by atoms with Gasteiger partial charge in [-0.05, 0) is 106 Å². The van der Waals surface area contributed by atoms with Crippen molar-refractivity contribution >= 4 is 15.9 Å². The van der Waals surface area contributed by atoms with E-state index in [1.807, 2.05) is 0 Å². The van der Waals surface area contributed by atoms with Gasteiger partial charge in [-0.25, -0.2) is 0 Å². The van der Waals surface area contributed by atoms with Crippen LogP contribution in [-0.4, -0.2) is 16.7 Å². The molecule has 4 atom stereocenters. The first-order chi connectivity index (χ1) is 13.2. The molecule has 0 saturated heterocycles. The zero-order valence-corrected chi connectivity index (χ0v) is 17.9. The van der Waals surface area contributed by atoms with Crippen LogP contribution in [0.3, 0.4) is 0 Å². The average molecular weight is 485 g/mol. The molecule has 8 fully saturated rings. The van der Waals surface area contributed by atoms with Crippen molar-refractivity contribution in [3.8, 4) is 0 Å². The number of hydrogen-bond acceptors (Lipinski definition) is 0. The molecule has 8 bridgehead atoms. The molecule has 8 saturated carbocycles. The molecule has 0 spiro atoms. The summed E-state index contributed by atoms with van der Waals surface area (Å²) in [6.07, 6.45) is -3.84. The maximum absolute atomic E-state index is 14.4. The van der Waals surface area contributed by atoms with Crippen LogP contribution in [0.15, 0.2) is 0 Å². The molecule has 164 valence electrons. The van der Waals surface area contributed by atoms with Gasteiger partial charge in [-0.3, -0.25) is 0 Å². The summed E-state index contributed by atoms with van der Waals surface area (Å²) in [6, 6.07) is 0. The predicted molar refractivity (Wildman–Crippen MR) is 99.4 cm³/mol. The van der Waals surface area contributed by atoms with Crippen molar-refractivity contribution in [3.63, 3.8) is 0 Å². The second-order valence-electron chi connectivity index (χ2n) is 12.2. The topological polar surface area (TPSA) is 0 Å². The van der Waals surface area contributed by atoms with Gasteiger partial charge in [-0.1, -0.05) is 15.9 Å². The van der Waals surface area contributed by atoms with Crippen LogP contribution < -0.4 is 0 Å². The molecule has 0 aromatic carbocycles. The summed E-state index contributed by atoms with van der Waals surface area (Å²) >= 11 is 3.93. The van der Waals surface area contributed by atoms with Gasteiger partial charge in [-0.15, -0.1) is 0 Å². The van der Waals surface area contributed by atoms with Crippen molar-refractivity contribution in [2.24, 2.45) is 39.4 Å².